The van der Waals surface area contributed by atoms with E-state index in [9.17, 15) is 14.0 Å². The van der Waals surface area contributed by atoms with Crippen LogP contribution in [0, 0.1) is 5.82 Å². The molecule has 0 aliphatic heterocycles. The minimum atomic E-state index is -0.582. The second-order valence-corrected chi connectivity index (χ2v) is 8.47. The summed E-state index contributed by atoms with van der Waals surface area (Å²) < 4.78 is 19.6. The highest BCUT2D eigenvalue weighted by atomic mass is 32.2. The first-order valence-electron chi connectivity index (χ1n) is 8.37. The number of carbonyl (C=O) groups excluding carboxylic acids is 2. The molecule has 3 rings (SSSR count). The summed E-state index contributed by atoms with van der Waals surface area (Å²) in [7, 11) is 0. The SMILES string of the molecule is CCOC(=O)Nc1nnc(SCc2csc(N(C(C)=O)c3ccccc3F)n2)s1. The largest absolute Gasteiger partial charge is 0.450 e. The Bertz CT molecular complexity index is 1010. The Labute approximate surface area is 178 Å². The number of thioether (sulfide) groups is 1. The standard InChI is InChI=1S/C17H16FN5O3S3/c1-3-26-16(25)20-14-21-22-17(29-14)28-9-11-8-27-15(19-11)23(10(2)24)13-7-5-4-6-12(13)18/h4-8H,3,9H2,1-2H3,(H,20,21,25). The fraction of sp³-hybridized carbons (Fsp3) is 0.235. The van der Waals surface area contributed by atoms with Crippen molar-refractivity contribution in [3.63, 3.8) is 0 Å². The molecule has 0 aliphatic carbocycles. The number of anilines is 3. The van der Waals surface area contributed by atoms with Gasteiger partial charge in [0.15, 0.2) is 9.47 Å². The molecule has 0 saturated heterocycles. The van der Waals surface area contributed by atoms with Crippen molar-refractivity contribution in [3.05, 3.63) is 41.2 Å². The minimum absolute atomic E-state index is 0.160. The molecular formula is C17H16FN5O3S3. The lowest BCUT2D eigenvalue weighted by atomic mass is 10.3. The molecule has 2 amide bonds. The maximum absolute atomic E-state index is 14.1. The number of carbonyl (C=O) groups is 2. The van der Waals surface area contributed by atoms with Crippen molar-refractivity contribution in [2.45, 2.75) is 23.9 Å². The lowest BCUT2D eigenvalue weighted by Gasteiger charge is -2.18. The molecule has 2 heterocycles. The molecule has 0 aliphatic rings. The molecule has 1 aromatic carbocycles. The number of nitrogens with zero attached hydrogens (tertiary/aromatic N) is 4. The summed E-state index contributed by atoms with van der Waals surface area (Å²) in [6.45, 7) is 3.34. The fourth-order valence-corrected chi connectivity index (χ4v) is 4.83. The van der Waals surface area contributed by atoms with Gasteiger partial charge < -0.3 is 4.74 Å². The third-order valence-electron chi connectivity index (χ3n) is 3.37. The van der Waals surface area contributed by atoms with E-state index >= 15 is 0 Å². The molecule has 152 valence electrons. The van der Waals surface area contributed by atoms with Crippen molar-refractivity contribution in [2.75, 3.05) is 16.8 Å². The van der Waals surface area contributed by atoms with Gasteiger partial charge >= 0.3 is 6.09 Å². The summed E-state index contributed by atoms with van der Waals surface area (Å²) in [4.78, 5) is 29.2. The zero-order valence-corrected chi connectivity index (χ0v) is 17.9. The Morgan fingerprint density at radius 2 is 2.10 bits per heavy atom. The van der Waals surface area contributed by atoms with Crippen molar-refractivity contribution in [2.24, 2.45) is 0 Å². The van der Waals surface area contributed by atoms with Crippen LogP contribution in [0.3, 0.4) is 0 Å². The van der Waals surface area contributed by atoms with E-state index in [0.717, 1.165) is 0 Å². The van der Waals surface area contributed by atoms with Gasteiger partial charge in [-0.1, -0.05) is 35.2 Å². The molecule has 0 bridgehead atoms. The minimum Gasteiger partial charge on any atom is -0.450 e. The average Bonchev–Trinajstić information content (AvgIpc) is 3.31. The van der Waals surface area contributed by atoms with Crippen LogP contribution >= 0.6 is 34.4 Å². The molecule has 0 spiro atoms. The topological polar surface area (TPSA) is 97.3 Å². The fourth-order valence-electron chi connectivity index (χ4n) is 2.21. The van der Waals surface area contributed by atoms with E-state index < -0.39 is 11.9 Å². The Hall–Kier alpha value is -2.57. The van der Waals surface area contributed by atoms with E-state index in [4.69, 9.17) is 4.74 Å². The number of benzene rings is 1. The Balaban J connectivity index is 1.66. The first-order valence-corrected chi connectivity index (χ1v) is 11.1. The third kappa shape index (κ3) is 5.49. The summed E-state index contributed by atoms with van der Waals surface area (Å²) in [5.74, 6) is -0.347. The van der Waals surface area contributed by atoms with Gasteiger partial charge in [-0.2, -0.15) is 0 Å². The number of ether oxygens (including phenoxy) is 1. The highest BCUT2D eigenvalue weighted by Crippen LogP contribution is 2.33. The molecular weight excluding hydrogens is 437 g/mol. The quantitative estimate of drug-likeness (QED) is 0.410. The highest BCUT2D eigenvalue weighted by molar-refractivity contribution is 8.00. The van der Waals surface area contributed by atoms with E-state index in [1.165, 1.54) is 58.4 Å². The number of halogens is 1. The van der Waals surface area contributed by atoms with Crippen LogP contribution in [-0.2, 0) is 15.3 Å². The molecule has 2 aromatic heterocycles. The van der Waals surface area contributed by atoms with Gasteiger partial charge in [0.2, 0.25) is 11.0 Å². The van der Waals surface area contributed by atoms with Gasteiger partial charge in [-0.3, -0.25) is 15.0 Å². The predicted molar refractivity (Wildman–Crippen MR) is 111 cm³/mol. The van der Waals surface area contributed by atoms with Crippen molar-refractivity contribution < 1.29 is 18.7 Å². The van der Waals surface area contributed by atoms with Gasteiger partial charge in [0, 0.05) is 18.1 Å². The smallest absolute Gasteiger partial charge is 0.413 e. The van der Waals surface area contributed by atoms with Crippen molar-refractivity contribution in [1.29, 1.82) is 0 Å². The highest BCUT2D eigenvalue weighted by Gasteiger charge is 2.21. The van der Waals surface area contributed by atoms with E-state index in [-0.39, 0.29) is 18.2 Å². The summed E-state index contributed by atoms with van der Waals surface area (Å²) in [6.07, 6.45) is -0.582. The van der Waals surface area contributed by atoms with Gasteiger partial charge in [0.25, 0.3) is 0 Å². The van der Waals surface area contributed by atoms with Crippen LogP contribution in [0.2, 0.25) is 0 Å². The molecule has 0 atom stereocenters. The number of amides is 2. The summed E-state index contributed by atoms with van der Waals surface area (Å²) in [5.41, 5.74) is 0.875. The Morgan fingerprint density at radius 1 is 1.31 bits per heavy atom. The number of thiazole rings is 1. The van der Waals surface area contributed by atoms with Gasteiger partial charge in [0.1, 0.15) is 5.82 Å². The number of rotatable bonds is 7. The molecule has 8 nitrogen and oxygen atoms in total. The summed E-state index contributed by atoms with van der Waals surface area (Å²) in [5, 5.41) is 12.9. The summed E-state index contributed by atoms with van der Waals surface area (Å²) in [6, 6.07) is 6.06. The number of hydrogen-bond donors (Lipinski definition) is 1. The molecule has 1 N–H and O–H groups in total. The van der Waals surface area contributed by atoms with Crippen LogP contribution in [0.5, 0.6) is 0 Å². The molecule has 12 heteroatoms. The zero-order chi connectivity index (χ0) is 20.8. The maximum Gasteiger partial charge on any atom is 0.413 e. The normalized spacial score (nSPS) is 10.6. The first kappa shape index (κ1) is 21.1. The Kier molecular flexibility index (Phi) is 7.12. The van der Waals surface area contributed by atoms with E-state index in [1.807, 2.05) is 0 Å². The van der Waals surface area contributed by atoms with Crippen molar-refractivity contribution in [3.8, 4) is 0 Å². The average molecular weight is 454 g/mol. The maximum atomic E-state index is 14.1. The van der Waals surface area contributed by atoms with Crippen LogP contribution in [0.1, 0.15) is 19.5 Å². The Morgan fingerprint density at radius 3 is 2.83 bits per heavy atom. The molecule has 29 heavy (non-hydrogen) atoms. The van der Waals surface area contributed by atoms with E-state index in [1.54, 1.807) is 24.4 Å². The number of aromatic nitrogens is 3. The van der Waals surface area contributed by atoms with Gasteiger partial charge in [-0.05, 0) is 19.1 Å². The van der Waals surface area contributed by atoms with Crippen molar-refractivity contribution in [1.82, 2.24) is 15.2 Å². The van der Waals surface area contributed by atoms with Crippen LogP contribution in [0.25, 0.3) is 0 Å². The summed E-state index contributed by atoms with van der Waals surface area (Å²) >= 11 is 3.85. The van der Waals surface area contributed by atoms with Gasteiger partial charge in [-0.15, -0.1) is 21.5 Å². The molecule has 0 saturated carbocycles. The monoisotopic (exact) mass is 453 g/mol. The van der Waals surface area contributed by atoms with Crippen LogP contribution in [-0.4, -0.2) is 33.8 Å². The van der Waals surface area contributed by atoms with Crippen LogP contribution < -0.4 is 10.2 Å². The third-order valence-corrected chi connectivity index (χ3v) is 6.25. The van der Waals surface area contributed by atoms with Gasteiger partial charge in [-0.25, -0.2) is 14.2 Å². The van der Waals surface area contributed by atoms with Gasteiger partial charge in [0.05, 0.1) is 18.0 Å². The number of nitrogens with one attached hydrogen (secondary N) is 1. The van der Waals surface area contributed by atoms with Crippen LogP contribution in [0.4, 0.5) is 25.1 Å². The predicted octanol–water partition coefficient (Wildman–Crippen LogP) is 4.68. The molecule has 0 unspecified atom stereocenters. The van der Waals surface area contributed by atoms with Crippen molar-refractivity contribution >= 4 is 62.4 Å². The number of para-hydroxylation sites is 1. The molecule has 0 fully saturated rings. The van der Waals surface area contributed by atoms with E-state index in [0.29, 0.717) is 26.0 Å². The second kappa shape index (κ2) is 9.76. The van der Waals surface area contributed by atoms with E-state index in [2.05, 4.69) is 20.5 Å². The lowest BCUT2D eigenvalue weighted by molar-refractivity contribution is -0.115. The molecule has 0 radical (unpaired) electrons. The first-order chi connectivity index (χ1) is 14.0. The lowest BCUT2D eigenvalue weighted by Crippen LogP contribution is -2.23. The second-order valence-electron chi connectivity index (χ2n) is 5.43. The molecule has 3 aromatic rings. The van der Waals surface area contributed by atoms with Crippen LogP contribution in [0.15, 0.2) is 34.0 Å². The zero-order valence-electron chi connectivity index (χ0n) is 15.4. The number of hydrogen-bond acceptors (Lipinski definition) is 9.